The highest BCUT2D eigenvalue weighted by molar-refractivity contribution is 14.1. The second kappa shape index (κ2) is 4.46. The van der Waals surface area contributed by atoms with Crippen LogP contribution in [0.4, 0.5) is 5.69 Å². The van der Waals surface area contributed by atoms with Crippen LogP contribution in [0.5, 0.6) is 0 Å². The average molecular weight is 387 g/mol. The van der Waals surface area contributed by atoms with Gasteiger partial charge >= 0.3 is 0 Å². The molecule has 1 unspecified atom stereocenters. The molecular weight excluding hydrogens is 377 g/mol. The summed E-state index contributed by atoms with van der Waals surface area (Å²) in [6, 6.07) is 13.5. The standard InChI is InChI=1S/C13H10INO3S/c14-15-11-7-3-1-5-9(11)13(16)10-6-2-4-8-12(10)19(15,17)18/h1-8,13,16H. The van der Waals surface area contributed by atoms with Crippen LogP contribution in [-0.4, -0.2) is 13.5 Å². The summed E-state index contributed by atoms with van der Waals surface area (Å²) in [4.78, 5) is 0.146. The van der Waals surface area contributed by atoms with E-state index in [-0.39, 0.29) is 4.90 Å². The molecule has 0 amide bonds. The first-order valence-corrected chi connectivity index (χ1v) is 8.01. The quantitative estimate of drug-likeness (QED) is 0.559. The highest BCUT2D eigenvalue weighted by Crippen LogP contribution is 2.41. The van der Waals surface area contributed by atoms with Gasteiger partial charge in [-0.15, -0.1) is 0 Å². The molecule has 0 bridgehead atoms. The van der Waals surface area contributed by atoms with Crippen molar-refractivity contribution < 1.29 is 13.5 Å². The number of aliphatic hydroxyl groups is 1. The van der Waals surface area contributed by atoms with Gasteiger partial charge in [0.1, 0.15) is 6.10 Å². The molecule has 4 nitrogen and oxygen atoms in total. The maximum absolute atomic E-state index is 12.5. The maximum Gasteiger partial charge on any atom is 0.273 e. The van der Waals surface area contributed by atoms with E-state index in [0.717, 1.165) is 0 Å². The van der Waals surface area contributed by atoms with Gasteiger partial charge in [0.2, 0.25) is 0 Å². The van der Waals surface area contributed by atoms with Crippen LogP contribution in [-0.2, 0) is 10.0 Å². The van der Waals surface area contributed by atoms with Crippen molar-refractivity contribution in [3.05, 3.63) is 59.7 Å². The topological polar surface area (TPSA) is 57.6 Å². The minimum absolute atomic E-state index is 0.146. The van der Waals surface area contributed by atoms with Crippen LogP contribution in [0.3, 0.4) is 0 Å². The molecule has 6 heteroatoms. The van der Waals surface area contributed by atoms with Crippen molar-refractivity contribution in [2.24, 2.45) is 0 Å². The largest absolute Gasteiger partial charge is 0.384 e. The minimum Gasteiger partial charge on any atom is -0.384 e. The molecule has 0 fully saturated rings. The number of hydrogen-bond acceptors (Lipinski definition) is 3. The Labute approximate surface area is 125 Å². The van der Waals surface area contributed by atoms with Crippen LogP contribution in [0.25, 0.3) is 0 Å². The Bertz CT molecular complexity index is 745. The van der Waals surface area contributed by atoms with Crippen LogP contribution >= 0.6 is 22.9 Å². The predicted octanol–water partition coefficient (Wildman–Crippen LogP) is 2.63. The molecule has 1 aliphatic heterocycles. The van der Waals surface area contributed by atoms with Gasteiger partial charge in [-0.3, -0.25) is 0 Å². The van der Waals surface area contributed by atoms with Crippen LogP contribution in [0.1, 0.15) is 17.2 Å². The van der Waals surface area contributed by atoms with Crippen LogP contribution in [0, 0.1) is 0 Å². The molecule has 0 saturated heterocycles. The van der Waals surface area contributed by atoms with Gasteiger partial charge in [0, 0.05) is 11.1 Å². The molecule has 0 aromatic heterocycles. The molecule has 0 aliphatic carbocycles. The Hall–Kier alpha value is -1.12. The number of fused-ring (bicyclic) bond motifs is 2. The van der Waals surface area contributed by atoms with Gasteiger partial charge in [-0.1, -0.05) is 36.4 Å². The van der Waals surface area contributed by atoms with Gasteiger partial charge < -0.3 is 5.11 Å². The number of rotatable bonds is 0. The van der Waals surface area contributed by atoms with E-state index in [9.17, 15) is 13.5 Å². The molecule has 1 aliphatic rings. The number of anilines is 1. The molecule has 1 N–H and O–H groups in total. The smallest absolute Gasteiger partial charge is 0.273 e. The molecule has 1 atom stereocenters. The molecular formula is C13H10INO3S. The summed E-state index contributed by atoms with van der Waals surface area (Å²) in [5.74, 6) is 0. The molecule has 1 heterocycles. The normalized spacial score (nSPS) is 20.3. The summed E-state index contributed by atoms with van der Waals surface area (Å²) in [5, 5.41) is 10.4. The first-order valence-electron chi connectivity index (χ1n) is 5.60. The van der Waals surface area contributed by atoms with Crippen LogP contribution in [0.2, 0.25) is 0 Å². The first kappa shape index (κ1) is 12.9. The monoisotopic (exact) mass is 387 g/mol. The Morgan fingerprint density at radius 1 is 1.00 bits per heavy atom. The number of benzene rings is 2. The van der Waals surface area contributed by atoms with E-state index in [0.29, 0.717) is 16.8 Å². The summed E-state index contributed by atoms with van der Waals surface area (Å²) in [6.45, 7) is 0. The van der Waals surface area contributed by atoms with Crippen molar-refractivity contribution in [3.63, 3.8) is 0 Å². The van der Waals surface area contributed by atoms with Gasteiger partial charge in [0.15, 0.2) is 0 Å². The molecule has 0 radical (unpaired) electrons. The molecule has 98 valence electrons. The van der Waals surface area contributed by atoms with Crippen molar-refractivity contribution in [3.8, 4) is 0 Å². The fraction of sp³-hybridized carbons (Fsp3) is 0.0769. The molecule has 19 heavy (non-hydrogen) atoms. The number of sulfonamides is 1. The number of hydrogen-bond donors (Lipinski definition) is 1. The third-order valence-electron chi connectivity index (χ3n) is 3.12. The van der Waals surface area contributed by atoms with E-state index in [4.69, 9.17) is 0 Å². The summed E-state index contributed by atoms with van der Waals surface area (Å²) >= 11 is 1.76. The second-order valence-electron chi connectivity index (χ2n) is 4.22. The van der Waals surface area contributed by atoms with Gasteiger partial charge in [-0.05, 0) is 12.1 Å². The number of aliphatic hydroxyl groups excluding tert-OH is 1. The summed E-state index contributed by atoms with van der Waals surface area (Å²) < 4.78 is 26.3. The summed E-state index contributed by atoms with van der Waals surface area (Å²) in [7, 11) is -3.64. The summed E-state index contributed by atoms with van der Waals surface area (Å²) in [6.07, 6.45) is -0.943. The van der Waals surface area contributed by atoms with Crippen molar-refractivity contribution in [2.75, 3.05) is 2.52 Å². The zero-order chi connectivity index (χ0) is 13.6. The summed E-state index contributed by atoms with van der Waals surface area (Å²) in [5.41, 5.74) is 1.49. The van der Waals surface area contributed by atoms with Crippen molar-refractivity contribution >= 4 is 38.6 Å². The highest BCUT2D eigenvalue weighted by atomic mass is 127. The molecule has 0 spiro atoms. The van der Waals surface area contributed by atoms with Gasteiger partial charge in [0.05, 0.1) is 33.4 Å². The minimum atomic E-state index is -3.64. The molecule has 2 aromatic rings. The highest BCUT2D eigenvalue weighted by Gasteiger charge is 2.34. The lowest BCUT2D eigenvalue weighted by Gasteiger charge is -2.16. The number of nitrogens with zero attached hydrogens (tertiary/aromatic N) is 1. The van der Waals surface area contributed by atoms with Crippen molar-refractivity contribution in [1.29, 1.82) is 0 Å². The van der Waals surface area contributed by atoms with E-state index in [1.807, 2.05) is 0 Å². The third-order valence-corrected chi connectivity index (χ3v) is 6.75. The van der Waals surface area contributed by atoms with Gasteiger partial charge in [-0.25, -0.2) is 10.9 Å². The fourth-order valence-corrected chi connectivity index (χ4v) is 4.61. The number of para-hydroxylation sites is 1. The first-order chi connectivity index (χ1) is 9.03. The Morgan fingerprint density at radius 3 is 2.32 bits per heavy atom. The zero-order valence-corrected chi connectivity index (χ0v) is 12.7. The van der Waals surface area contributed by atoms with Crippen LogP contribution < -0.4 is 2.52 Å². The second-order valence-corrected chi connectivity index (χ2v) is 7.59. The molecule has 3 rings (SSSR count). The van der Waals surface area contributed by atoms with E-state index < -0.39 is 16.1 Å². The fourth-order valence-electron chi connectivity index (χ4n) is 2.20. The molecule has 2 aromatic carbocycles. The Morgan fingerprint density at radius 2 is 1.58 bits per heavy atom. The lowest BCUT2D eigenvalue weighted by molar-refractivity contribution is 0.218. The Kier molecular flexibility index (Phi) is 3.03. The molecule has 0 saturated carbocycles. The lowest BCUT2D eigenvalue weighted by atomic mass is 10.0. The average Bonchev–Trinajstić information content (AvgIpc) is 2.50. The lowest BCUT2D eigenvalue weighted by Crippen LogP contribution is -2.20. The van der Waals surface area contributed by atoms with Gasteiger partial charge in [0.25, 0.3) is 10.0 Å². The van der Waals surface area contributed by atoms with Crippen molar-refractivity contribution in [2.45, 2.75) is 11.0 Å². The zero-order valence-electron chi connectivity index (χ0n) is 9.69. The van der Waals surface area contributed by atoms with Crippen LogP contribution in [0.15, 0.2) is 53.4 Å². The number of halogens is 1. The predicted molar refractivity (Wildman–Crippen MR) is 80.6 cm³/mol. The SMILES string of the molecule is O=S1(=O)c2ccccc2C(O)c2ccccc2N1I. The van der Waals surface area contributed by atoms with E-state index in [2.05, 4.69) is 0 Å². The maximum atomic E-state index is 12.5. The van der Waals surface area contributed by atoms with Gasteiger partial charge in [-0.2, -0.15) is 0 Å². The van der Waals surface area contributed by atoms with E-state index in [1.165, 1.54) is 8.58 Å². The van der Waals surface area contributed by atoms with Crippen molar-refractivity contribution in [1.82, 2.24) is 0 Å². The van der Waals surface area contributed by atoms with E-state index in [1.54, 1.807) is 65.3 Å². The van der Waals surface area contributed by atoms with E-state index >= 15 is 0 Å². The Balaban J connectivity index is 2.41. The third kappa shape index (κ3) is 1.86.